The lowest BCUT2D eigenvalue weighted by atomic mass is 9.98. The average Bonchev–Trinajstić information content (AvgIpc) is 2.89. The summed E-state index contributed by atoms with van der Waals surface area (Å²) in [6.07, 6.45) is 2.40. The molecule has 0 aromatic heterocycles. The second-order valence-corrected chi connectivity index (χ2v) is 5.25. The van der Waals surface area contributed by atoms with E-state index in [-0.39, 0.29) is 0 Å². The van der Waals surface area contributed by atoms with E-state index in [1.165, 1.54) is 23.1 Å². The Morgan fingerprint density at radius 3 is 2.57 bits per heavy atom. The van der Waals surface area contributed by atoms with E-state index in [0.29, 0.717) is 25.1 Å². The minimum absolute atomic E-state index is 0.324. The first-order chi connectivity index (χ1) is 9.98. The molecule has 2 N–H and O–H groups in total. The van der Waals surface area contributed by atoms with Crippen LogP contribution >= 0.6 is 0 Å². The number of nitrogens with zero attached hydrogens (tertiary/aromatic N) is 1. The first-order valence-electron chi connectivity index (χ1n) is 7.07. The second kappa shape index (κ2) is 6.11. The molecule has 0 heterocycles. The molecule has 1 aromatic rings. The highest BCUT2D eigenvalue weighted by atomic mass is 19.1. The molecule has 0 aliphatic heterocycles. The van der Waals surface area contributed by atoms with Gasteiger partial charge in [-0.25, -0.2) is 14.0 Å². The van der Waals surface area contributed by atoms with Gasteiger partial charge in [-0.15, -0.1) is 0 Å². The number of carbonyl (C=O) groups is 2. The van der Waals surface area contributed by atoms with Crippen LogP contribution in [0.3, 0.4) is 0 Å². The summed E-state index contributed by atoms with van der Waals surface area (Å²) in [6.45, 7) is 2.08. The van der Waals surface area contributed by atoms with Crippen LogP contribution in [0, 0.1) is 5.82 Å². The number of halogens is 1. The Labute approximate surface area is 122 Å². The van der Waals surface area contributed by atoms with Gasteiger partial charge in [0.25, 0.3) is 0 Å². The zero-order chi connectivity index (χ0) is 15.5. The number of carboxylic acid groups (broad SMARTS) is 1. The third-order valence-electron chi connectivity index (χ3n) is 3.89. The molecule has 1 aliphatic rings. The van der Waals surface area contributed by atoms with Crippen LogP contribution < -0.4 is 10.2 Å². The zero-order valence-corrected chi connectivity index (χ0v) is 11.9. The predicted octanol–water partition coefficient (Wildman–Crippen LogP) is 2.76. The van der Waals surface area contributed by atoms with Crippen molar-refractivity contribution in [3.8, 4) is 0 Å². The summed E-state index contributed by atoms with van der Waals surface area (Å²) in [4.78, 5) is 25.2. The molecular weight excluding hydrogens is 275 g/mol. The van der Waals surface area contributed by atoms with E-state index in [1.807, 2.05) is 0 Å². The van der Waals surface area contributed by atoms with Crippen molar-refractivity contribution < 1.29 is 19.1 Å². The van der Waals surface area contributed by atoms with Crippen LogP contribution in [0.2, 0.25) is 0 Å². The van der Waals surface area contributed by atoms with E-state index in [2.05, 4.69) is 5.32 Å². The highest BCUT2D eigenvalue weighted by Gasteiger charge is 2.43. The molecule has 0 unspecified atom stereocenters. The number of amides is 2. The monoisotopic (exact) mass is 294 g/mol. The number of urea groups is 1. The van der Waals surface area contributed by atoms with Gasteiger partial charge in [0.1, 0.15) is 11.4 Å². The van der Waals surface area contributed by atoms with Crippen LogP contribution in [-0.4, -0.2) is 29.2 Å². The number of aliphatic carboxylic acids is 1. The Kier molecular flexibility index (Phi) is 4.45. The Balaban J connectivity index is 2.19. The van der Waals surface area contributed by atoms with Crippen molar-refractivity contribution in [3.05, 3.63) is 30.1 Å². The number of nitrogens with one attached hydrogen (secondary N) is 1. The van der Waals surface area contributed by atoms with Gasteiger partial charge in [0, 0.05) is 12.2 Å². The van der Waals surface area contributed by atoms with Gasteiger partial charge < -0.3 is 10.4 Å². The van der Waals surface area contributed by atoms with E-state index in [9.17, 15) is 19.1 Å². The summed E-state index contributed by atoms with van der Waals surface area (Å²) in [7, 11) is 0. The number of anilines is 1. The number of carboxylic acids is 1. The number of hydrogen-bond acceptors (Lipinski definition) is 2. The number of carbonyl (C=O) groups excluding carboxylic acids is 1. The molecule has 1 aromatic carbocycles. The molecule has 6 heteroatoms. The first kappa shape index (κ1) is 15.3. The quantitative estimate of drug-likeness (QED) is 0.897. The van der Waals surface area contributed by atoms with E-state index in [1.54, 1.807) is 13.0 Å². The maximum absolute atomic E-state index is 13.3. The van der Waals surface area contributed by atoms with Gasteiger partial charge in [0.15, 0.2) is 0 Å². The van der Waals surface area contributed by atoms with Crippen LogP contribution in [0.25, 0.3) is 0 Å². The molecule has 5 nitrogen and oxygen atoms in total. The van der Waals surface area contributed by atoms with Crippen LogP contribution in [0.5, 0.6) is 0 Å². The van der Waals surface area contributed by atoms with Crippen molar-refractivity contribution in [2.75, 3.05) is 11.4 Å². The lowest BCUT2D eigenvalue weighted by Crippen LogP contribution is -2.56. The largest absolute Gasteiger partial charge is 0.480 e. The highest BCUT2D eigenvalue weighted by molar-refractivity contribution is 5.95. The topological polar surface area (TPSA) is 69.6 Å². The lowest BCUT2D eigenvalue weighted by Gasteiger charge is -2.30. The van der Waals surface area contributed by atoms with Crippen molar-refractivity contribution >= 4 is 17.7 Å². The molecule has 2 rings (SSSR count). The van der Waals surface area contributed by atoms with Gasteiger partial charge >= 0.3 is 12.0 Å². The molecule has 0 atom stereocenters. The average molecular weight is 294 g/mol. The van der Waals surface area contributed by atoms with E-state index in [0.717, 1.165) is 12.8 Å². The van der Waals surface area contributed by atoms with Gasteiger partial charge in [0.05, 0.1) is 0 Å². The van der Waals surface area contributed by atoms with Crippen LogP contribution in [0.4, 0.5) is 14.9 Å². The third-order valence-corrected chi connectivity index (χ3v) is 3.89. The molecule has 1 saturated carbocycles. The fourth-order valence-corrected chi connectivity index (χ4v) is 2.73. The zero-order valence-electron chi connectivity index (χ0n) is 11.9. The van der Waals surface area contributed by atoms with Gasteiger partial charge in [-0.05, 0) is 38.0 Å². The Hall–Kier alpha value is -2.11. The summed E-state index contributed by atoms with van der Waals surface area (Å²) in [6, 6.07) is 5.18. The van der Waals surface area contributed by atoms with Gasteiger partial charge in [-0.2, -0.15) is 0 Å². The summed E-state index contributed by atoms with van der Waals surface area (Å²) >= 11 is 0. The Morgan fingerprint density at radius 1 is 1.38 bits per heavy atom. The van der Waals surface area contributed by atoms with Crippen LogP contribution in [-0.2, 0) is 4.79 Å². The van der Waals surface area contributed by atoms with Gasteiger partial charge in [-0.1, -0.05) is 18.9 Å². The Bertz CT molecular complexity index is 541. The molecule has 1 aliphatic carbocycles. The van der Waals surface area contributed by atoms with Gasteiger partial charge in [0.2, 0.25) is 0 Å². The molecule has 0 bridgehead atoms. The van der Waals surface area contributed by atoms with Crippen molar-refractivity contribution in [3.63, 3.8) is 0 Å². The van der Waals surface area contributed by atoms with E-state index in [4.69, 9.17) is 0 Å². The van der Waals surface area contributed by atoms with Crippen LogP contribution in [0.15, 0.2) is 24.3 Å². The SMILES string of the molecule is CCN(C(=O)NC1(C(=O)O)CCCC1)c1cccc(F)c1. The molecule has 0 saturated heterocycles. The molecule has 1 fully saturated rings. The molecule has 2 amide bonds. The van der Waals surface area contributed by atoms with Crippen molar-refractivity contribution in [2.24, 2.45) is 0 Å². The third kappa shape index (κ3) is 3.15. The fraction of sp³-hybridized carbons (Fsp3) is 0.467. The summed E-state index contributed by atoms with van der Waals surface area (Å²) < 4.78 is 13.3. The lowest BCUT2D eigenvalue weighted by molar-refractivity contribution is -0.144. The smallest absolute Gasteiger partial charge is 0.329 e. The maximum Gasteiger partial charge on any atom is 0.329 e. The summed E-state index contributed by atoms with van der Waals surface area (Å²) in [5.74, 6) is -1.45. The maximum atomic E-state index is 13.3. The molecule has 114 valence electrons. The van der Waals surface area contributed by atoms with Crippen LogP contribution in [0.1, 0.15) is 32.6 Å². The standard InChI is InChI=1S/C15H19FN2O3/c1-2-18(12-7-5-6-11(16)10-12)14(21)17-15(13(19)20)8-3-4-9-15/h5-7,10H,2-4,8-9H2,1H3,(H,17,21)(H,19,20). The summed E-state index contributed by atoms with van der Waals surface area (Å²) in [5.41, 5.74) is -0.786. The number of hydrogen-bond donors (Lipinski definition) is 2. The minimum atomic E-state index is -1.20. The highest BCUT2D eigenvalue weighted by Crippen LogP contribution is 2.30. The normalized spacial score (nSPS) is 16.5. The van der Waals surface area contributed by atoms with Crippen molar-refractivity contribution in [2.45, 2.75) is 38.1 Å². The first-order valence-corrected chi connectivity index (χ1v) is 7.07. The minimum Gasteiger partial charge on any atom is -0.480 e. The predicted molar refractivity (Wildman–Crippen MR) is 76.8 cm³/mol. The molecule has 0 spiro atoms. The Morgan fingerprint density at radius 2 is 2.05 bits per heavy atom. The number of benzene rings is 1. The number of rotatable bonds is 4. The molecular formula is C15H19FN2O3. The summed E-state index contributed by atoms with van der Waals surface area (Å²) in [5, 5.41) is 12.0. The van der Waals surface area contributed by atoms with Gasteiger partial charge in [-0.3, -0.25) is 4.90 Å². The molecule has 21 heavy (non-hydrogen) atoms. The van der Waals surface area contributed by atoms with E-state index >= 15 is 0 Å². The second-order valence-electron chi connectivity index (χ2n) is 5.25. The van der Waals surface area contributed by atoms with Crippen molar-refractivity contribution in [1.82, 2.24) is 5.32 Å². The van der Waals surface area contributed by atoms with E-state index < -0.39 is 23.4 Å². The van der Waals surface area contributed by atoms with Crippen molar-refractivity contribution in [1.29, 1.82) is 0 Å². The fourth-order valence-electron chi connectivity index (χ4n) is 2.73. The molecule has 0 radical (unpaired) electrons.